The van der Waals surface area contributed by atoms with E-state index in [1.54, 1.807) is 14.2 Å². The number of carbonyl (C=O) groups excluding carboxylic acids is 1. The Balaban J connectivity index is 1.73. The van der Waals surface area contributed by atoms with Crippen molar-refractivity contribution in [2.24, 2.45) is 0 Å². The molecule has 1 amide bonds. The van der Waals surface area contributed by atoms with Crippen molar-refractivity contribution in [1.82, 2.24) is 14.9 Å². The molecule has 7 heteroatoms. The summed E-state index contributed by atoms with van der Waals surface area (Å²) >= 11 is 0. The van der Waals surface area contributed by atoms with Gasteiger partial charge in [-0.2, -0.15) is 0 Å². The smallest absolute Gasteiger partial charge is 0.248 e. The molecule has 7 nitrogen and oxygen atoms in total. The molecule has 0 saturated carbocycles. The van der Waals surface area contributed by atoms with Gasteiger partial charge in [-0.1, -0.05) is 60.2 Å². The summed E-state index contributed by atoms with van der Waals surface area (Å²) in [6, 6.07) is 18.6. The summed E-state index contributed by atoms with van der Waals surface area (Å²) in [6.45, 7) is 5.30. The number of anilines is 1. The van der Waals surface area contributed by atoms with Crippen LogP contribution in [0.4, 0.5) is 5.82 Å². The zero-order valence-electron chi connectivity index (χ0n) is 20.2. The quantitative estimate of drug-likeness (QED) is 0.513. The van der Waals surface area contributed by atoms with E-state index in [-0.39, 0.29) is 12.5 Å². The third-order valence-electron chi connectivity index (χ3n) is 6.05. The molecule has 178 valence electrons. The minimum absolute atomic E-state index is 0.0230. The number of hydrogen-bond donors (Lipinski definition) is 0. The number of nitrogens with zero attached hydrogens (tertiary/aromatic N) is 4. The summed E-state index contributed by atoms with van der Waals surface area (Å²) < 4.78 is 10.6. The molecule has 0 radical (unpaired) electrons. The van der Waals surface area contributed by atoms with Crippen molar-refractivity contribution in [3.05, 3.63) is 77.0 Å². The first-order chi connectivity index (χ1) is 16.6. The molecule has 34 heavy (non-hydrogen) atoms. The van der Waals surface area contributed by atoms with Gasteiger partial charge in [0, 0.05) is 57.9 Å². The van der Waals surface area contributed by atoms with Crippen molar-refractivity contribution in [3.63, 3.8) is 0 Å². The SMILES string of the molecule is COCC(=O)N1CCN(c2nc(-c3ccccc3)nc(COC)c2Cc2cccc(C)c2)CC1. The van der Waals surface area contributed by atoms with Crippen molar-refractivity contribution in [1.29, 1.82) is 0 Å². The Bertz CT molecular complexity index is 1110. The molecule has 2 heterocycles. The number of aromatic nitrogens is 2. The van der Waals surface area contributed by atoms with E-state index in [1.807, 2.05) is 35.2 Å². The van der Waals surface area contributed by atoms with Crippen molar-refractivity contribution >= 4 is 11.7 Å². The lowest BCUT2D eigenvalue weighted by atomic mass is 10.0. The second-order valence-corrected chi connectivity index (χ2v) is 8.56. The Labute approximate surface area is 201 Å². The van der Waals surface area contributed by atoms with Gasteiger partial charge >= 0.3 is 0 Å². The zero-order chi connectivity index (χ0) is 23.9. The van der Waals surface area contributed by atoms with Crippen LogP contribution in [0.1, 0.15) is 22.4 Å². The monoisotopic (exact) mass is 460 g/mol. The summed E-state index contributed by atoms with van der Waals surface area (Å²) in [5.41, 5.74) is 5.37. The molecule has 1 fully saturated rings. The molecular weight excluding hydrogens is 428 g/mol. The maximum atomic E-state index is 12.3. The van der Waals surface area contributed by atoms with E-state index in [0.717, 1.165) is 22.6 Å². The van der Waals surface area contributed by atoms with Crippen molar-refractivity contribution in [2.45, 2.75) is 20.0 Å². The molecule has 3 aromatic rings. The van der Waals surface area contributed by atoms with Crippen LogP contribution in [0.15, 0.2) is 54.6 Å². The van der Waals surface area contributed by atoms with Gasteiger partial charge in [0.25, 0.3) is 0 Å². The highest BCUT2D eigenvalue weighted by molar-refractivity contribution is 5.77. The fraction of sp³-hybridized carbons (Fsp3) is 0.370. The number of benzene rings is 2. The molecule has 0 aliphatic carbocycles. The van der Waals surface area contributed by atoms with Crippen molar-refractivity contribution < 1.29 is 14.3 Å². The topological polar surface area (TPSA) is 67.8 Å². The van der Waals surface area contributed by atoms with Crippen LogP contribution in [0, 0.1) is 6.92 Å². The number of carbonyl (C=O) groups is 1. The van der Waals surface area contributed by atoms with Gasteiger partial charge in [-0.05, 0) is 12.5 Å². The van der Waals surface area contributed by atoms with Gasteiger partial charge in [-0.25, -0.2) is 9.97 Å². The highest BCUT2D eigenvalue weighted by Gasteiger charge is 2.26. The van der Waals surface area contributed by atoms with Gasteiger partial charge < -0.3 is 19.3 Å². The van der Waals surface area contributed by atoms with Crippen LogP contribution < -0.4 is 4.90 Å². The fourth-order valence-corrected chi connectivity index (χ4v) is 4.34. The molecule has 0 bridgehead atoms. The lowest BCUT2D eigenvalue weighted by Gasteiger charge is -2.36. The number of piperazine rings is 1. The lowest BCUT2D eigenvalue weighted by Crippen LogP contribution is -2.50. The zero-order valence-corrected chi connectivity index (χ0v) is 20.2. The van der Waals surface area contributed by atoms with Crippen LogP contribution in [-0.2, 0) is 27.3 Å². The van der Waals surface area contributed by atoms with E-state index in [0.29, 0.717) is 45.0 Å². The standard InChI is InChI=1S/C27H32N4O3/c1-20-8-7-9-21(16-20)17-23-24(18-33-2)28-26(22-10-5-4-6-11-22)29-27(23)31-14-12-30(13-15-31)25(32)19-34-3/h4-11,16H,12-15,17-19H2,1-3H3. The second-order valence-electron chi connectivity index (χ2n) is 8.56. The Morgan fingerprint density at radius 1 is 0.941 bits per heavy atom. The Morgan fingerprint density at radius 3 is 2.38 bits per heavy atom. The van der Waals surface area contributed by atoms with E-state index in [1.165, 1.54) is 11.1 Å². The Kier molecular flexibility index (Phi) is 7.87. The molecule has 2 aromatic carbocycles. The summed E-state index contributed by atoms with van der Waals surface area (Å²) in [5, 5.41) is 0. The molecule has 0 atom stereocenters. The van der Waals surface area contributed by atoms with Gasteiger partial charge in [0.15, 0.2) is 5.82 Å². The van der Waals surface area contributed by atoms with Crippen LogP contribution in [0.5, 0.6) is 0 Å². The van der Waals surface area contributed by atoms with E-state index in [2.05, 4.69) is 36.1 Å². The van der Waals surface area contributed by atoms with Crippen LogP contribution in [0.3, 0.4) is 0 Å². The second kappa shape index (κ2) is 11.2. The first-order valence-corrected chi connectivity index (χ1v) is 11.6. The molecule has 4 rings (SSSR count). The molecule has 1 saturated heterocycles. The van der Waals surface area contributed by atoms with E-state index in [9.17, 15) is 4.79 Å². The average Bonchev–Trinajstić information content (AvgIpc) is 2.86. The first-order valence-electron chi connectivity index (χ1n) is 11.6. The summed E-state index contributed by atoms with van der Waals surface area (Å²) in [4.78, 5) is 26.4. The first kappa shape index (κ1) is 23.9. The molecule has 1 aromatic heterocycles. The van der Waals surface area contributed by atoms with Crippen molar-refractivity contribution in [3.8, 4) is 11.4 Å². The van der Waals surface area contributed by atoms with E-state index < -0.39 is 0 Å². The van der Waals surface area contributed by atoms with Crippen LogP contribution >= 0.6 is 0 Å². The molecule has 0 N–H and O–H groups in total. The van der Waals surface area contributed by atoms with Gasteiger partial charge in [0.2, 0.25) is 5.91 Å². The normalized spacial score (nSPS) is 13.9. The Morgan fingerprint density at radius 2 is 1.71 bits per heavy atom. The average molecular weight is 461 g/mol. The molecular formula is C27H32N4O3. The van der Waals surface area contributed by atoms with Gasteiger partial charge in [0.1, 0.15) is 12.4 Å². The number of amides is 1. The largest absolute Gasteiger partial charge is 0.378 e. The number of methoxy groups -OCH3 is 2. The lowest BCUT2D eigenvalue weighted by molar-refractivity contribution is -0.135. The highest BCUT2D eigenvalue weighted by atomic mass is 16.5. The third kappa shape index (κ3) is 5.61. The minimum Gasteiger partial charge on any atom is -0.378 e. The maximum Gasteiger partial charge on any atom is 0.248 e. The summed E-state index contributed by atoms with van der Waals surface area (Å²) in [7, 11) is 3.25. The van der Waals surface area contributed by atoms with Crippen LogP contribution in [-0.4, -0.2) is 67.8 Å². The number of hydrogen-bond acceptors (Lipinski definition) is 6. The Hall–Kier alpha value is -3.29. The molecule has 0 spiro atoms. The number of ether oxygens (including phenoxy) is 2. The molecule has 1 aliphatic heterocycles. The number of aryl methyl sites for hydroxylation is 1. The molecule has 1 aliphatic rings. The van der Waals surface area contributed by atoms with Crippen LogP contribution in [0.2, 0.25) is 0 Å². The maximum absolute atomic E-state index is 12.3. The predicted octanol–water partition coefficient (Wildman–Crippen LogP) is 3.48. The summed E-state index contributed by atoms with van der Waals surface area (Å²) in [6.07, 6.45) is 0.716. The fourth-order valence-electron chi connectivity index (χ4n) is 4.34. The third-order valence-corrected chi connectivity index (χ3v) is 6.05. The van der Waals surface area contributed by atoms with Crippen LogP contribution in [0.25, 0.3) is 11.4 Å². The van der Waals surface area contributed by atoms with E-state index in [4.69, 9.17) is 19.4 Å². The van der Waals surface area contributed by atoms with E-state index >= 15 is 0 Å². The number of rotatable bonds is 8. The molecule has 0 unspecified atom stereocenters. The predicted molar refractivity (Wildman–Crippen MR) is 133 cm³/mol. The summed E-state index contributed by atoms with van der Waals surface area (Å²) in [5.74, 6) is 1.63. The van der Waals surface area contributed by atoms with Crippen molar-refractivity contribution in [2.75, 3.05) is 51.9 Å². The van der Waals surface area contributed by atoms with Gasteiger partial charge in [-0.3, -0.25) is 4.79 Å². The highest BCUT2D eigenvalue weighted by Crippen LogP contribution is 2.29. The van der Waals surface area contributed by atoms with Gasteiger partial charge in [0.05, 0.1) is 12.3 Å². The minimum atomic E-state index is 0.0230. The van der Waals surface area contributed by atoms with Gasteiger partial charge in [-0.15, -0.1) is 0 Å².